The summed E-state index contributed by atoms with van der Waals surface area (Å²) in [6.07, 6.45) is 0. The Morgan fingerprint density at radius 3 is 2.85 bits per heavy atom. The first kappa shape index (κ1) is 12.6. The van der Waals surface area contributed by atoms with Crippen LogP contribution in [0.5, 0.6) is 0 Å². The second-order valence-corrected chi connectivity index (χ2v) is 5.01. The highest BCUT2D eigenvalue weighted by molar-refractivity contribution is 7.07. The number of hydrogen-bond donors (Lipinski definition) is 2. The molecule has 2 heterocycles. The lowest BCUT2D eigenvalue weighted by atomic mass is 10.1. The van der Waals surface area contributed by atoms with Crippen LogP contribution in [0.4, 0.5) is 5.69 Å². The van der Waals surface area contributed by atoms with Crippen LogP contribution in [0.2, 0.25) is 0 Å². The molecular formula is C14H11N3O2S. The van der Waals surface area contributed by atoms with Gasteiger partial charge in [-0.2, -0.15) is 11.3 Å². The number of benzene rings is 1. The first-order valence-electron chi connectivity index (χ1n) is 5.99. The lowest BCUT2D eigenvalue weighted by molar-refractivity contribution is 0.0690. The number of carboxylic acids is 1. The van der Waals surface area contributed by atoms with E-state index in [1.807, 2.05) is 41.1 Å². The first-order chi connectivity index (χ1) is 9.75. The summed E-state index contributed by atoms with van der Waals surface area (Å²) in [5.74, 6) is -1.09. The number of carboxylic acid groups (broad SMARTS) is 1. The largest absolute Gasteiger partial charge is 0.476 e. The van der Waals surface area contributed by atoms with Gasteiger partial charge in [-0.1, -0.05) is 18.2 Å². The minimum Gasteiger partial charge on any atom is -0.476 e. The maximum atomic E-state index is 11.3. The molecule has 20 heavy (non-hydrogen) atoms. The Morgan fingerprint density at radius 1 is 1.25 bits per heavy atom. The van der Waals surface area contributed by atoms with Crippen molar-refractivity contribution in [2.24, 2.45) is 0 Å². The fourth-order valence-corrected chi connectivity index (χ4v) is 2.63. The van der Waals surface area contributed by atoms with Crippen LogP contribution in [0.25, 0.3) is 10.9 Å². The summed E-state index contributed by atoms with van der Waals surface area (Å²) in [5, 5.41) is 24.9. The highest BCUT2D eigenvalue weighted by Gasteiger charge is 2.16. The van der Waals surface area contributed by atoms with Crippen molar-refractivity contribution in [3.8, 4) is 0 Å². The van der Waals surface area contributed by atoms with E-state index >= 15 is 0 Å². The summed E-state index contributed by atoms with van der Waals surface area (Å²) < 4.78 is 0. The van der Waals surface area contributed by atoms with Crippen LogP contribution in [0, 0.1) is 0 Å². The number of anilines is 1. The Kier molecular flexibility index (Phi) is 3.30. The number of nitrogens with zero attached hydrogens (tertiary/aromatic N) is 2. The van der Waals surface area contributed by atoms with Crippen LogP contribution in [-0.2, 0) is 6.54 Å². The normalized spacial score (nSPS) is 10.6. The summed E-state index contributed by atoms with van der Waals surface area (Å²) in [6.45, 7) is 0.555. The van der Waals surface area contributed by atoms with Crippen LogP contribution in [0.1, 0.15) is 16.1 Å². The molecule has 3 rings (SSSR count). The van der Waals surface area contributed by atoms with Gasteiger partial charge in [0, 0.05) is 11.9 Å². The molecule has 100 valence electrons. The van der Waals surface area contributed by atoms with Gasteiger partial charge >= 0.3 is 5.97 Å². The molecule has 0 bridgehead atoms. The number of hydrogen-bond acceptors (Lipinski definition) is 5. The molecule has 0 fully saturated rings. The smallest absolute Gasteiger partial charge is 0.358 e. The van der Waals surface area contributed by atoms with Crippen molar-refractivity contribution < 1.29 is 9.90 Å². The van der Waals surface area contributed by atoms with Crippen molar-refractivity contribution in [3.05, 3.63) is 52.3 Å². The predicted molar refractivity (Wildman–Crippen MR) is 78.1 cm³/mol. The van der Waals surface area contributed by atoms with Crippen LogP contribution in [0.3, 0.4) is 0 Å². The molecule has 2 N–H and O–H groups in total. The second kappa shape index (κ2) is 5.26. The highest BCUT2D eigenvalue weighted by atomic mass is 32.1. The van der Waals surface area contributed by atoms with Gasteiger partial charge in [0.25, 0.3) is 0 Å². The molecule has 0 unspecified atom stereocenters. The Bertz CT molecular complexity index is 756. The van der Waals surface area contributed by atoms with Crippen LogP contribution in [0.15, 0.2) is 41.1 Å². The third-order valence-corrected chi connectivity index (χ3v) is 3.65. The highest BCUT2D eigenvalue weighted by Crippen LogP contribution is 2.25. The Morgan fingerprint density at radius 2 is 2.10 bits per heavy atom. The van der Waals surface area contributed by atoms with Gasteiger partial charge in [0.2, 0.25) is 0 Å². The molecular weight excluding hydrogens is 274 g/mol. The Labute approximate surface area is 118 Å². The quantitative estimate of drug-likeness (QED) is 0.770. The minimum absolute atomic E-state index is 0.0565. The first-order valence-corrected chi connectivity index (χ1v) is 6.93. The molecule has 5 nitrogen and oxygen atoms in total. The fourth-order valence-electron chi connectivity index (χ4n) is 1.97. The van der Waals surface area contributed by atoms with Gasteiger partial charge in [-0.05, 0) is 28.5 Å². The van der Waals surface area contributed by atoms with Crippen molar-refractivity contribution in [1.29, 1.82) is 0 Å². The molecule has 0 aliphatic carbocycles. The summed E-state index contributed by atoms with van der Waals surface area (Å²) in [6, 6.07) is 9.34. The molecule has 6 heteroatoms. The van der Waals surface area contributed by atoms with Crippen LogP contribution in [-0.4, -0.2) is 21.3 Å². The lowest BCUT2D eigenvalue weighted by Crippen LogP contribution is -2.10. The van der Waals surface area contributed by atoms with E-state index in [1.54, 1.807) is 11.3 Å². The van der Waals surface area contributed by atoms with Gasteiger partial charge in [-0.3, -0.25) is 0 Å². The average Bonchev–Trinajstić information content (AvgIpc) is 2.97. The molecule has 2 aromatic heterocycles. The number of rotatable bonds is 4. The molecule has 0 aliphatic heterocycles. The van der Waals surface area contributed by atoms with Crippen LogP contribution >= 0.6 is 11.3 Å². The number of thiophene rings is 1. The molecule has 0 spiro atoms. The summed E-state index contributed by atoms with van der Waals surface area (Å²) in [7, 11) is 0. The van der Waals surface area contributed by atoms with Crippen molar-refractivity contribution in [2.45, 2.75) is 6.54 Å². The van der Waals surface area contributed by atoms with Crippen molar-refractivity contribution >= 4 is 33.9 Å². The van der Waals surface area contributed by atoms with E-state index in [9.17, 15) is 9.90 Å². The zero-order valence-corrected chi connectivity index (χ0v) is 11.2. The molecule has 0 saturated heterocycles. The fraction of sp³-hybridized carbons (Fsp3) is 0.0714. The molecule has 0 atom stereocenters. The number of aromatic nitrogens is 2. The Hall–Kier alpha value is -2.47. The van der Waals surface area contributed by atoms with Gasteiger partial charge in [0.1, 0.15) is 0 Å². The monoisotopic (exact) mass is 285 g/mol. The molecule has 0 radical (unpaired) electrons. The van der Waals surface area contributed by atoms with E-state index in [0.717, 1.165) is 10.9 Å². The van der Waals surface area contributed by atoms with Gasteiger partial charge in [0.05, 0.1) is 11.2 Å². The van der Waals surface area contributed by atoms with E-state index < -0.39 is 5.97 Å². The van der Waals surface area contributed by atoms with Crippen LogP contribution < -0.4 is 5.32 Å². The SMILES string of the molecule is O=C(O)c1nnc2ccccc2c1NCc1ccsc1. The predicted octanol–water partition coefficient (Wildman–Crippen LogP) is 3.00. The van der Waals surface area contributed by atoms with Gasteiger partial charge in [-0.15, -0.1) is 10.2 Å². The summed E-state index contributed by atoms with van der Waals surface area (Å²) >= 11 is 1.60. The van der Waals surface area contributed by atoms with Gasteiger partial charge in [0.15, 0.2) is 5.69 Å². The maximum Gasteiger partial charge on any atom is 0.358 e. The van der Waals surface area contributed by atoms with E-state index in [4.69, 9.17) is 0 Å². The second-order valence-electron chi connectivity index (χ2n) is 4.23. The molecule has 0 amide bonds. The molecule has 3 aromatic rings. The number of carbonyl (C=O) groups is 1. The molecule has 0 saturated carbocycles. The minimum atomic E-state index is -1.09. The standard InChI is InChI=1S/C14H11N3O2S/c18-14(19)13-12(15-7-9-5-6-20-8-9)10-3-1-2-4-11(10)16-17-13/h1-6,8H,7H2,(H,15,16)(H,18,19). The van der Waals surface area contributed by atoms with E-state index in [-0.39, 0.29) is 5.69 Å². The third kappa shape index (κ3) is 2.33. The van der Waals surface area contributed by atoms with Crippen molar-refractivity contribution in [3.63, 3.8) is 0 Å². The maximum absolute atomic E-state index is 11.3. The number of nitrogens with one attached hydrogen (secondary N) is 1. The van der Waals surface area contributed by atoms with Gasteiger partial charge in [-0.25, -0.2) is 4.79 Å². The average molecular weight is 285 g/mol. The summed E-state index contributed by atoms with van der Waals surface area (Å²) in [5.41, 5.74) is 2.23. The van der Waals surface area contributed by atoms with E-state index in [1.165, 1.54) is 0 Å². The lowest BCUT2D eigenvalue weighted by Gasteiger charge is -2.10. The van der Waals surface area contributed by atoms with E-state index in [0.29, 0.717) is 17.7 Å². The third-order valence-electron chi connectivity index (χ3n) is 2.92. The van der Waals surface area contributed by atoms with Crippen molar-refractivity contribution in [1.82, 2.24) is 10.2 Å². The zero-order valence-electron chi connectivity index (χ0n) is 10.4. The van der Waals surface area contributed by atoms with Gasteiger partial charge < -0.3 is 10.4 Å². The zero-order chi connectivity index (χ0) is 13.9. The van der Waals surface area contributed by atoms with Crippen molar-refractivity contribution in [2.75, 3.05) is 5.32 Å². The molecule has 0 aliphatic rings. The molecule has 1 aromatic carbocycles. The Balaban J connectivity index is 2.05. The topological polar surface area (TPSA) is 75.1 Å². The number of fused-ring (bicyclic) bond motifs is 1. The summed E-state index contributed by atoms with van der Waals surface area (Å²) in [4.78, 5) is 11.3. The number of aromatic carboxylic acids is 1. The van der Waals surface area contributed by atoms with E-state index in [2.05, 4.69) is 15.5 Å².